The van der Waals surface area contributed by atoms with Gasteiger partial charge in [0.05, 0.1) is 9.82 Å². The van der Waals surface area contributed by atoms with Gasteiger partial charge in [-0.3, -0.25) is 14.9 Å². The fraction of sp³-hybridized carbons (Fsp3) is 0.316. The predicted molar refractivity (Wildman–Crippen MR) is 98.0 cm³/mol. The zero-order chi connectivity index (χ0) is 18.5. The molecule has 0 radical (unpaired) electrons. The third kappa shape index (κ3) is 4.60. The van der Waals surface area contributed by atoms with Crippen molar-refractivity contribution in [3.05, 3.63) is 64.0 Å². The maximum atomic E-state index is 13.0. The number of amides is 1. The summed E-state index contributed by atoms with van der Waals surface area (Å²) in [5.41, 5.74) is 0.154. The van der Waals surface area contributed by atoms with Gasteiger partial charge in [0.2, 0.25) is 0 Å². The Hall–Kier alpha value is -2.41. The molecule has 0 unspecified atom stereocenters. The number of hydrogen-bond acceptors (Lipinski definition) is 4. The van der Waals surface area contributed by atoms with Gasteiger partial charge in [0, 0.05) is 22.6 Å². The van der Waals surface area contributed by atoms with Crippen molar-refractivity contribution in [3.8, 4) is 0 Å². The van der Waals surface area contributed by atoms with Crippen LogP contribution in [0.25, 0.3) is 0 Å². The quantitative estimate of drug-likeness (QED) is 0.594. The molecule has 0 atom stereocenters. The summed E-state index contributed by atoms with van der Waals surface area (Å²) in [7, 11) is 0. The first-order valence-electron chi connectivity index (χ1n) is 8.55. The number of nitrogens with zero attached hydrogens (tertiary/aromatic N) is 1. The van der Waals surface area contributed by atoms with Crippen molar-refractivity contribution in [2.75, 3.05) is 0 Å². The average molecular weight is 374 g/mol. The number of carbonyl (C=O) groups is 1. The topological polar surface area (TPSA) is 72.2 Å². The molecular weight excluding hydrogens is 355 g/mol. The third-order valence-corrected chi connectivity index (χ3v) is 5.47. The van der Waals surface area contributed by atoms with Crippen molar-refractivity contribution >= 4 is 23.4 Å². The van der Waals surface area contributed by atoms with Crippen LogP contribution in [0, 0.1) is 15.9 Å². The summed E-state index contributed by atoms with van der Waals surface area (Å²) in [6.45, 7) is 0. The van der Waals surface area contributed by atoms with Crippen LogP contribution in [-0.2, 0) is 0 Å². The first-order chi connectivity index (χ1) is 12.5. The lowest BCUT2D eigenvalue weighted by molar-refractivity contribution is -0.387. The zero-order valence-electron chi connectivity index (χ0n) is 14.1. The second-order valence-corrected chi connectivity index (χ2v) is 7.42. The van der Waals surface area contributed by atoms with E-state index in [1.165, 1.54) is 36.4 Å². The molecule has 1 saturated carbocycles. The molecule has 1 fully saturated rings. The molecule has 7 heteroatoms. The lowest BCUT2D eigenvalue weighted by Gasteiger charge is -2.22. The van der Waals surface area contributed by atoms with E-state index in [4.69, 9.17) is 0 Å². The van der Waals surface area contributed by atoms with E-state index in [1.54, 1.807) is 24.3 Å². The lowest BCUT2D eigenvalue weighted by Crippen LogP contribution is -2.36. The van der Waals surface area contributed by atoms with Gasteiger partial charge < -0.3 is 5.32 Å². The van der Waals surface area contributed by atoms with Gasteiger partial charge in [0.1, 0.15) is 5.82 Å². The molecular formula is C19H19FN2O3S. The van der Waals surface area contributed by atoms with Crippen molar-refractivity contribution in [1.29, 1.82) is 0 Å². The SMILES string of the molecule is O=C(NC1CCCCC1)c1ccc(Sc2ccc(F)cc2)c([N+](=O)[O-])c1. The maximum Gasteiger partial charge on any atom is 0.284 e. The molecule has 3 rings (SSSR count). The Labute approximate surface area is 155 Å². The molecule has 0 heterocycles. The van der Waals surface area contributed by atoms with Crippen LogP contribution in [0.5, 0.6) is 0 Å². The molecule has 0 saturated heterocycles. The summed E-state index contributed by atoms with van der Waals surface area (Å²) in [4.78, 5) is 24.4. The van der Waals surface area contributed by atoms with Gasteiger partial charge >= 0.3 is 0 Å². The highest BCUT2D eigenvalue weighted by atomic mass is 32.2. The van der Waals surface area contributed by atoms with Crippen LogP contribution in [0.1, 0.15) is 42.5 Å². The molecule has 0 spiro atoms. The highest BCUT2D eigenvalue weighted by Gasteiger charge is 2.21. The van der Waals surface area contributed by atoms with E-state index in [0.29, 0.717) is 9.79 Å². The second-order valence-electron chi connectivity index (χ2n) is 6.30. The molecule has 0 aliphatic heterocycles. The lowest BCUT2D eigenvalue weighted by atomic mass is 9.95. The Morgan fingerprint density at radius 2 is 1.81 bits per heavy atom. The Morgan fingerprint density at radius 3 is 2.46 bits per heavy atom. The number of nitro benzene ring substituents is 1. The van der Waals surface area contributed by atoms with E-state index in [1.807, 2.05) is 0 Å². The van der Waals surface area contributed by atoms with E-state index in [0.717, 1.165) is 25.7 Å². The molecule has 1 amide bonds. The number of carbonyl (C=O) groups excluding carboxylic acids is 1. The minimum Gasteiger partial charge on any atom is -0.349 e. The highest BCUT2D eigenvalue weighted by Crippen LogP contribution is 2.35. The molecule has 2 aromatic carbocycles. The standard InChI is InChI=1S/C19H19FN2O3S/c20-14-7-9-16(10-8-14)26-18-11-6-13(12-17(18)22(24)25)19(23)21-15-4-2-1-3-5-15/h6-12,15H,1-5H2,(H,21,23). The average Bonchev–Trinajstić information content (AvgIpc) is 2.64. The number of rotatable bonds is 5. The normalized spacial score (nSPS) is 14.8. The Bertz CT molecular complexity index is 805. The minimum atomic E-state index is -0.497. The summed E-state index contributed by atoms with van der Waals surface area (Å²) >= 11 is 1.17. The molecule has 1 aliphatic rings. The number of hydrogen-bond donors (Lipinski definition) is 1. The van der Waals surface area contributed by atoms with E-state index >= 15 is 0 Å². The fourth-order valence-electron chi connectivity index (χ4n) is 3.03. The van der Waals surface area contributed by atoms with Crippen LogP contribution in [-0.4, -0.2) is 16.9 Å². The summed E-state index contributed by atoms with van der Waals surface area (Å²) in [6, 6.07) is 10.4. The van der Waals surface area contributed by atoms with Crippen LogP contribution in [0.2, 0.25) is 0 Å². The first-order valence-corrected chi connectivity index (χ1v) is 9.37. The Morgan fingerprint density at radius 1 is 1.12 bits per heavy atom. The summed E-state index contributed by atoms with van der Waals surface area (Å²) in [6.07, 6.45) is 5.28. The van der Waals surface area contributed by atoms with E-state index < -0.39 is 4.92 Å². The van der Waals surface area contributed by atoms with Crippen LogP contribution < -0.4 is 5.32 Å². The van der Waals surface area contributed by atoms with Gasteiger partial charge in [-0.1, -0.05) is 31.0 Å². The summed E-state index contributed by atoms with van der Waals surface area (Å²) in [5.74, 6) is -0.642. The Balaban J connectivity index is 1.78. The van der Waals surface area contributed by atoms with Gasteiger partial charge in [0.15, 0.2) is 0 Å². The van der Waals surface area contributed by atoms with Gasteiger partial charge in [-0.05, 0) is 49.2 Å². The van der Waals surface area contributed by atoms with Crippen molar-refractivity contribution in [2.45, 2.75) is 47.9 Å². The molecule has 1 N–H and O–H groups in total. The Kier molecular flexibility index (Phi) is 5.88. The van der Waals surface area contributed by atoms with Gasteiger partial charge in [0.25, 0.3) is 11.6 Å². The van der Waals surface area contributed by atoms with Gasteiger partial charge in [-0.2, -0.15) is 0 Å². The van der Waals surface area contributed by atoms with Crippen molar-refractivity contribution in [2.24, 2.45) is 0 Å². The second kappa shape index (κ2) is 8.31. The molecule has 1 aliphatic carbocycles. The van der Waals surface area contributed by atoms with Crippen molar-refractivity contribution < 1.29 is 14.1 Å². The number of halogens is 1. The molecule has 136 valence electrons. The van der Waals surface area contributed by atoms with E-state index in [2.05, 4.69) is 5.32 Å². The molecule has 5 nitrogen and oxygen atoms in total. The van der Waals surface area contributed by atoms with Crippen LogP contribution in [0.15, 0.2) is 52.3 Å². The smallest absolute Gasteiger partial charge is 0.284 e. The van der Waals surface area contributed by atoms with Gasteiger partial charge in [-0.15, -0.1) is 0 Å². The van der Waals surface area contributed by atoms with E-state index in [-0.39, 0.29) is 29.0 Å². The zero-order valence-corrected chi connectivity index (χ0v) is 14.9. The minimum absolute atomic E-state index is 0.129. The van der Waals surface area contributed by atoms with Crippen molar-refractivity contribution in [3.63, 3.8) is 0 Å². The largest absolute Gasteiger partial charge is 0.349 e. The molecule has 26 heavy (non-hydrogen) atoms. The van der Waals surface area contributed by atoms with Gasteiger partial charge in [-0.25, -0.2) is 4.39 Å². The molecule has 0 aromatic heterocycles. The fourth-order valence-corrected chi connectivity index (χ4v) is 3.93. The predicted octanol–water partition coefficient (Wildman–Crippen LogP) is 4.95. The first kappa shape index (κ1) is 18.4. The third-order valence-electron chi connectivity index (χ3n) is 4.40. The number of nitrogens with one attached hydrogen (secondary N) is 1. The number of nitro groups is 1. The van der Waals surface area contributed by atoms with Crippen LogP contribution in [0.4, 0.5) is 10.1 Å². The van der Waals surface area contributed by atoms with Crippen LogP contribution >= 0.6 is 11.8 Å². The van der Waals surface area contributed by atoms with Crippen LogP contribution in [0.3, 0.4) is 0 Å². The maximum absolute atomic E-state index is 13.0. The van der Waals surface area contributed by atoms with Crippen molar-refractivity contribution in [1.82, 2.24) is 5.32 Å². The van der Waals surface area contributed by atoms with E-state index in [9.17, 15) is 19.3 Å². The summed E-state index contributed by atoms with van der Waals surface area (Å²) in [5, 5.41) is 14.4. The highest BCUT2D eigenvalue weighted by molar-refractivity contribution is 7.99. The number of benzene rings is 2. The monoisotopic (exact) mass is 374 g/mol. The molecule has 2 aromatic rings. The summed E-state index contributed by atoms with van der Waals surface area (Å²) < 4.78 is 13.0. The molecule has 0 bridgehead atoms.